The predicted octanol–water partition coefficient (Wildman–Crippen LogP) is 1.26. The molecule has 0 aromatic heterocycles. The van der Waals surface area contributed by atoms with Gasteiger partial charge >= 0.3 is 41.5 Å². The number of hydrogen-bond acceptors (Lipinski definition) is 5. The van der Waals surface area contributed by atoms with Crippen LogP contribution in [0, 0.1) is 0 Å². The van der Waals surface area contributed by atoms with Crippen molar-refractivity contribution < 1.29 is 59.3 Å². The van der Waals surface area contributed by atoms with Gasteiger partial charge in [-0.3, -0.25) is 9.59 Å². The van der Waals surface area contributed by atoms with Crippen molar-refractivity contribution in [3.05, 3.63) is 0 Å². The van der Waals surface area contributed by atoms with Gasteiger partial charge in [0.05, 0.1) is 5.97 Å². The molecule has 7 nitrogen and oxygen atoms in total. The second-order valence-corrected chi connectivity index (χ2v) is 7.95. The van der Waals surface area contributed by atoms with Gasteiger partial charge in [-0.05, 0) is 12.8 Å². The number of aliphatic carboxylic acids is 3. The van der Waals surface area contributed by atoms with Crippen LogP contribution in [0.25, 0.3) is 0 Å². The monoisotopic (exact) mass is 453 g/mol. The molecule has 1 unspecified atom stereocenters. The van der Waals surface area contributed by atoms with Crippen LogP contribution in [0.5, 0.6) is 0 Å². The Morgan fingerprint density at radius 2 is 1.00 bits per heavy atom. The maximum absolute atomic E-state index is 10.3. The molecule has 0 aromatic carbocycles. The molecule has 0 saturated heterocycles. The van der Waals surface area contributed by atoms with Crippen LogP contribution in [0.15, 0.2) is 0 Å². The number of carboxylic acid groups (broad SMARTS) is 3. The van der Waals surface area contributed by atoms with Gasteiger partial charge in [-0.15, -0.1) is 0 Å². The van der Waals surface area contributed by atoms with Crippen LogP contribution in [0.4, 0.5) is 0 Å². The van der Waals surface area contributed by atoms with Crippen molar-refractivity contribution in [1.29, 1.82) is 0 Å². The Hall–Kier alpha value is -0.630. The first-order valence-electron chi connectivity index (χ1n) is 11.7. The zero-order chi connectivity index (χ0) is 23.0. The third-order valence-electron chi connectivity index (χ3n) is 4.97. The van der Waals surface area contributed by atoms with Crippen molar-refractivity contribution in [2.24, 2.45) is 5.73 Å². The SMILES string of the molecule is CCCCCCCCCCCCCCCCCC(=O)O.NC(CCC(=O)O)C(=O)[O-].[Na+]. The summed E-state index contributed by atoms with van der Waals surface area (Å²) in [6.45, 7) is 2.27. The van der Waals surface area contributed by atoms with E-state index in [9.17, 15) is 19.5 Å². The molecule has 8 heteroatoms. The summed E-state index contributed by atoms with van der Waals surface area (Å²) in [5.74, 6) is -3.13. The standard InChI is InChI=1S/C18H36O2.C5H9NO4.Na/c1-2-3-4-5-6-7-8-9-10-11-12-13-14-15-16-17-18(19)20;6-3(5(9)10)1-2-4(7)8;/h2-17H2,1H3,(H,19,20);3H,1-2,6H2,(H,7,8)(H,9,10);/q;;+1/p-1. The van der Waals surface area contributed by atoms with Gasteiger partial charge in [-0.2, -0.15) is 0 Å². The van der Waals surface area contributed by atoms with Crippen LogP contribution in [-0.2, 0) is 14.4 Å². The molecule has 0 amide bonds. The molecule has 1 atom stereocenters. The molecule has 0 spiro atoms. The summed E-state index contributed by atoms with van der Waals surface area (Å²) in [5, 5.41) is 26.5. The van der Waals surface area contributed by atoms with Crippen molar-refractivity contribution in [2.45, 2.75) is 129 Å². The number of unbranched alkanes of at least 4 members (excludes halogenated alkanes) is 14. The fourth-order valence-electron chi connectivity index (χ4n) is 3.04. The van der Waals surface area contributed by atoms with Crippen molar-refractivity contribution in [1.82, 2.24) is 0 Å². The quantitative estimate of drug-likeness (QED) is 0.186. The molecule has 0 fully saturated rings. The second-order valence-electron chi connectivity index (χ2n) is 7.95. The summed E-state index contributed by atoms with van der Waals surface area (Å²) < 4.78 is 0. The molecule has 4 N–H and O–H groups in total. The Bertz CT molecular complexity index is 434. The molecule has 0 saturated carbocycles. The van der Waals surface area contributed by atoms with Gasteiger partial charge in [0, 0.05) is 18.9 Å². The summed E-state index contributed by atoms with van der Waals surface area (Å²) in [5.41, 5.74) is 4.94. The molecule has 31 heavy (non-hydrogen) atoms. The molecular weight excluding hydrogens is 409 g/mol. The number of hydrogen-bond donors (Lipinski definition) is 3. The van der Waals surface area contributed by atoms with E-state index in [1.54, 1.807) is 0 Å². The van der Waals surface area contributed by atoms with Crippen LogP contribution in [0.2, 0.25) is 0 Å². The van der Waals surface area contributed by atoms with Crippen LogP contribution < -0.4 is 40.4 Å². The van der Waals surface area contributed by atoms with Gasteiger partial charge in [-0.1, -0.05) is 96.8 Å². The van der Waals surface area contributed by atoms with E-state index in [0.29, 0.717) is 6.42 Å². The second kappa shape index (κ2) is 27.4. The fourth-order valence-corrected chi connectivity index (χ4v) is 3.04. The molecule has 178 valence electrons. The van der Waals surface area contributed by atoms with E-state index >= 15 is 0 Å². The van der Waals surface area contributed by atoms with Gasteiger partial charge in [0.2, 0.25) is 0 Å². The summed E-state index contributed by atoms with van der Waals surface area (Å²) >= 11 is 0. The van der Waals surface area contributed by atoms with Crippen LogP contribution >= 0.6 is 0 Å². The molecule has 0 aromatic rings. The van der Waals surface area contributed by atoms with E-state index in [-0.39, 0.29) is 42.4 Å². The maximum Gasteiger partial charge on any atom is 1.00 e. The zero-order valence-electron chi connectivity index (χ0n) is 19.9. The molecular formula is C23H44NNaO6. The first-order chi connectivity index (χ1) is 14.3. The van der Waals surface area contributed by atoms with Crippen molar-refractivity contribution in [3.63, 3.8) is 0 Å². The molecule has 0 rings (SSSR count). The Labute approximate surface area is 210 Å². The first-order valence-corrected chi connectivity index (χ1v) is 11.7. The van der Waals surface area contributed by atoms with Crippen molar-refractivity contribution in [2.75, 3.05) is 0 Å². The maximum atomic E-state index is 10.3. The van der Waals surface area contributed by atoms with Gasteiger partial charge in [-0.25, -0.2) is 0 Å². The largest absolute Gasteiger partial charge is 1.00 e. The third kappa shape index (κ3) is 34.2. The number of carboxylic acids is 3. The fraction of sp³-hybridized carbons (Fsp3) is 0.870. The average Bonchev–Trinajstić information content (AvgIpc) is 2.69. The molecule has 0 heterocycles. The molecule has 0 aliphatic rings. The van der Waals surface area contributed by atoms with Gasteiger partial charge in [0.25, 0.3) is 0 Å². The summed E-state index contributed by atoms with van der Waals surface area (Å²) in [6, 6.07) is -1.17. The molecule has 0 aliphatic heterocycles. The normalized spacial score (nSPS) is 11.0. The summed E-state index contributed by atoms with van der Waals surface area (Å²) in [6.07, 6.45) is 19.9. The minimum atomic E-state index is -1.42. The topological polar surface area (TPSA) is 141 Å². The van der Waals surface area contributed by atoms with E-state index in [2.05, 4.69) is 6.92 Å². The molecule has 0 bridgehead atoms. The van der Waals surface area contributed by atoms with Crippen LogP contribution in [0.3, 0.4) is 0 Å². The Morgan fingerprint density at radius 3 is 1.29 bits per heavy atom. The number of rotatable bonds is 20. The van der Waals surface area contributed by atoms with E-state index in [1.807, 2.05) is 0 Å². The summed E-state index contributed by atoms with van der Waals surface area (Å²) in [4.78, 5) is 30.1. The Kier molecular flexibility index (Phi) is 30.9. The third-order valence-corrected chi connectivity index (χ3v) is 4.97. The number of carbonyl (C=O) groups excluding carboxylic acids is 1. The van der Waals surface area contributed by atoms with E-state index in [1.165, 1.54) is 83.5 Å². The van der Waals surface area contributed by atoms with Gasteiger partial charge in [0.1, 0.15) is 0 Å². The zero-order valence-corrected chi connectivity index (χ0v) is 21.9. The van der Waals surface area contributed by atoms with E-state index in [0.717, 1.165) is 12.8 Å². The van der Waals surface area contributed by atoms with E-state index in [4.69, 9.17) is 15.9 Å². The van der Waals surface area contributed by atoms with Gasteiger partial charge < -0.3 is 25.8 Å². The Morgan fingerprint density at radius 1 is 0.677 bits per heavy atom. The van der Waals surface area contributed by atoms with Crippen LogP contribution in [0.1, 0.15) is 122 Å². The first kappa shape index (κ1) is 35.0. The van der Waals surface area contributed by atoms with Gasteiger partial charge in [0.15, 0.2) is 0 Å². The minimum Gasteiger partial charge on any atom is -0.548 e. The average molecular weight is 454 g/mol. The molecule has 0 radical (unpaired) electrons. The molecule has 0 aliphatic carbocycles. The number of nitrogens with two attached hydrogens (primary N) is 1. The van der Waals surface area contributed by atoms with Crippen molar-refractivity contribution in [3.8, 4) is 0 Å². The smallest absolute Gasteiger partial charge is 0.548 e. The summed E-state index contributed by atoms with van der Waals surface area (Å²) in [7, 11) is 0. The minimum absolute atomic E-state index is 0. The predicted molar refractivity (Wildman–Crippen MR) is 117 cm³/mol. The van der Waals surface area contributed by atoms with E-state index < -0.39 is 23.9 Å². The van der Waals surface area contributed by atoms with Crippen LogP contribution in [-0.4, -0.2) is 34.2 Å². The number of carbonyl (C=O) groups is 3. The Balaban J connectivity index is -0.000000604. The van der Waals surface area contributed by atoms with Crippen molar-refractivity contribution >= 4 is 17.9 Å².